The molecule has 1 aliphatic heterocycles. The number of hydrogen-bond acceptors (Lipinski definition) is 6. The smallest absolute Gasteiger partial charge is 0.327 e. The molecule has 33 heavy (non-hydrogen) atoms. The minimum atomic E-state index is -0.643. The van der Waals surface area contributed by atoms with Gasteiger partial charge in [0.15, 0.2) is 0 Å². The van der Waals surface area contributed by atoms with Crippen molar-refractivity contribution in [2.45, 2.75) is 13.0 Å². The summed E-state index contributed by atoms with van der Waals surface area (Å²) in [5.41, 5.74) is 1.06. The largest absolute Gasteiger partial charge is 0.493 e. The normalized spacial score (nSPS) is 14.9. The summed E-state index contributed by atoms with van der Waals surface area (Å²) in [6.45, 7) is 3.94. The molecule has 0 spiro atoms. The van der Waals surface area contributed by atoms with Gasteiger partial charge < -0.3 is 19.7 Å². The second-order valence-corrected chi connectivity index (χ2v) is 7.88. The predicted octanol–water partition coefficient (Wildman–Crippen LogP) is 2.53. The standard InChI is InChI=1S/C24H28ClN3O5/c1-3-33-20-11-7-5-9-18(20)23(30)26-16-21(29)27-12-14-28(15-13-27)22(24(31)32-2)17-8-4-6-10-19(17)25/h4-11,22H,3,12-16H2,1-2H3,(H,26,30). The number of amides is 2. The quantitative estimate of drug-likeness (QED) is 0.593. The summed E-state index contributed by atoms with van der Waals surface area (Å²) in [7, 11) is 1.35. The fourth-order valence-electron chi connectivity index (χ4n) is 3.81. The average Bonchev–Trinajstić information content (AvgIpc) is 2.84. The third-order valence-corrected chi connectivity index (χ3v) is 5.83. The highest BCUT2D eigenvalue weighted by Gasteiger charge is 2.33. The van der Waals surface area contributed by atoms with E-state index in [1.54, 1.807) is 47.4 Å². The first kappa shape index (κ1) is 24.5. The number of esters is 1. The average molecular weight is 474 g/mol. The van der Waals surface area contributed by atoms with Crippen molar-refractivity contribution in [2.75, 3.05) is 46.4 Å². The fraction of sp³-hybridized carbons (Fsp3) is 0.375. The lowest BCUT2D eigenvalue weighted by Crippen LogP contribution is -2.53. The molecule has 2 amide bonds. The van der Waals surface area contributed by atoms with Gasteiger partial charge in [0.1, 0.15) is 11.8 Å². The number of piperazine rings is 1. The molecular formula is C24H28ClN3O5. The second-order valence-electron chi connectivity index (χ2n) is 7.48. The zero-order valence-corrected chi connectivity index (χ0v) is 19.5. The van der Waals surface area contributed by atoms with Gasteiger partial charge in [-0.1, -0.05) is 41.9 Å². The number of nitrogens with zero attached hydrogens (tertiary/aromatic N) is 2. The van der Waals surface area contributed by atoms with E-state index in [1.807, 2.05) is 17.9 Å². The number of carbonyl (C=O) groups excluding carboxylic acids is 3. The zero-order valence-electron chi connectivity index (χ0n) is 18.8. The lowest BCUT2D eigenvalue weighted by atomic mass is 10.0. The lowest BCUT2D eigenvalue weighted by molar-refractivity contribution is -0.148. The molecule has 1 fully saturated rings. The van der Waals surface area contributed by atoms with Crippen LogP contribution in [0.5, 0.6) is 5.75 Å². The van der Waals surface area contributed by atoms with Gasteiger partial charge in [-0.2, -0.15) is 0 Å². The van der Waals surface area contributed by atoms with E-state index >= 15 is 0 Å². The van der Waals surface area contributed by atoms with E-state index in [0.717, 1.165) is 0 Å². The maximum atomic E-state index is 12.7. The molecule has 176 valence electrons. The maximum Gasteiger partial charge on any atom is 0.327 e. The third kappa shape index (κ3) is 6.03. The summed E-state index contributed by atoms with van der Waals surface area (Å²) < 4.78 is 10.5. The Morgan fingerprint density at radius 2 is 1.70 bits per heavy atom. The van der Waals surface area contributed by atoms with Crippen molar-refractivity contribution in [3.8, 4) is 5.75 Å². The second kappa shape index (κ2) is 11.7. The molecule has 0 radical (unpaired) electrons. The first-order chi connectivity index (χ1) is 16.0. The number of methoxy groups -OCH3 is 1. The van der Waals surface area contributed by atoms with Crippen LogP contribution < -0.4 is 10.1 Å². The van der Waals surface area contributed by atoms with E-state index in [-0.39, 0.29) is 18.4 Å². The molecule has 2 aromatic rings. The molecule has 1 atom stereocenters. The van der Waals surface area contributed by atoms with E-state index in [0.29, 0.717) is 54.7 Å². The fourth-order valence-corrected chi connectivity index (χ4v) is 4.05. The number of halogens is 1. The van der Waals surface area contributed by atoms with Crippen LogP contribution in [0, 0.1) is 0 Å². The highest BCUT2D eigenvalue weighted by Crippen LogP contribution is 2.29. The van der Waals surface area contributed by atoms with Crippen LogP contribution in [-0.4, -0.2) is 74.0 Å². The van der Waals surface area contributed by atoms with Crippen LogP contribution in [0.25, 0.3) is 0 Å². The van der Waals surface area contributed by atoms with Crippen LogP contribution >= 0.6 is 11.6 Å². The van der Waals surface area contributed by atoms with Crippen molar-refractivity contribution in [1.29, 1.82) is 0 Å². The zero-order chi connectivity index (χ0) is 23.8. The predicted molar refractivity (Wildman–Crippen MR) is 124 cm³/mol. The van der Waals surface area contributed by atoms with Crippen LogP contribution in [0.3, 0.4) is 0 Å². The Morgan fingerprint density at radius 3 is 2.36 bits per heavy atom. The Hall–Kier alpha value is -3.10. The molecule has 9 heteroatoms. The Bertz CT molecular complexity index is 992. The number of para-hydroxylation sites is 1. The Balaban J connectivity index is 1.58. The van der Waals surface area contributed by atoms with Crippen LogP contribution in [0.15, 0.2) is 48.5 Å². The van der Waals surface area contributed by atoms with Crippen molar-refractivity contribution >= 4 is 29.4 Å². The monoisotopic (exact) mass is 473 g/mol. The van der Waals surface area contributed by atoms with Crippen LogP contribution in [0.4, 0.5) is 0 Å². The summed E-state index contributed by atoms with van der Waals surface area (Å²) >= 11 is 6.32. The molecule has 0 saturated carbocycles. The molecule has 1 heterocycles. The molecule has 1 N–H and O–H groups in total. The Kier molecular flexibility index (Phi) is 8.68. The van der Waals surface area contributed by atoms with E-state index in [4.69, 9.17) is 21.1 Å². The van der Waals surface area contributed by atoms with Crippen molar-refractivity contribution in [3.05, 3.63) is 64.7 Å². The van der Waals surface area contributed by atoms with Gasteiger partial charge in [-0.05, 0) is 30.7 Å². The van der Waals surface area contributed by atoms with Crippen molar-refractivity contribution in [2.24, 2.45) is 0 Å². The van der Waals surface area contributed by atoms with Crippen LogP contribution in [0.2, 0.25) is 5.02 Å². The SMILES string of the molecule is CCOc1ccccc1C(=O)NCC(=O)N1CCN(C(C(=O)OC)c2ccccc2Cl)CC1. The first-order valence-electron chi connectivity index (χ1n) is 10.8. The molecule has 1 aliphatic rings. The molecular weight excluding hydrogens is 446 g/mol. The summed E-state index contributed by atoms with van der Waals surface area (Å²) in [6.07, 6.45) is 0. The minimum Gasteiger partial charge on any atom is -0.493 e. The topological polar surface area (TPSA) is 88.2 Å². The number of nitrogens with one attached hydrogen (secondary N) is 1. The number of carbonyl (C=O) groups is 3. The van der Waals surface area contributed by atoms with Crippen LogP contribution in [0.1, 0.15) is 28.9 Å². The van der Waals surface area contributed by atoms with E-state index in [1.165, 1.54) is 7.11 Å². The van der Waals surface area contributed by atoms with Gasteiger partial charge in [0, 0.05) is 31.2 Å². The number of rotatable bonds is 8. The molecule has 1 unspecified atom stereocenters. The van der Waals surface area contributed by atoms with E-state index in [9.17, 15) is 14.4 Å². The molecule has 0 bridgehead atoms. The Labute approximate surface area is 198 Å². The maximum absolute atomic E-state index is 12.7. The van der Waals surface area contributed by atoms with Crippen molar-refractivity contribution in [1.82, 2.24) is 15.1 Å². The Morgan fingerprint density at radius 1 is 1.03 bits per heavy atom. The van der Waals surface area contributed by atoms with Gasteiger partial charge in [-0.25, -0.2) is 4.79 Å². The van der Waals surface area contributed by atoms with Gasteiger partial charge in [0.2, 0.25) is 5.91 Å². The number of benzene rings is 2. The van der Waals surface area contributed by atoms with Gasteiger partial charge in [-0.3, -0.25) is 14.5 Å². The highest BCUT2D eigenvalue weighted by molar-refractivity contribution is 6.31. The number of ether oxygens (including phenoxy) is 2. The van der Waals surface area contributed by atoms with Gasteiger partial charge >= 0.3 is 5.97 Å². The third-order valence-electron chi connectivity index (χ3n) is 5.49. The lowest BCUT2D eigenvalue weighted by Gasteiger charge is -2.38. The highest BCUT2D eigenvalue weighted by atomic mass is 35.5. The van der Waals surface area contributed by atoms with Crippen molar-refractivity contribution in [3.63, 3.8) is 0 Å². The molecule has 3 rings (SSSR count). The molecule has 0 aliphatic carbocycles. The molecule has 0 aromatic heterocycles. The summed E-state index contributed by atoms with van der Waals surface area (Å²) in [6, 6.07) is 13.4. The summed E-state index contributed by atoms with van der Waals surface area (Å²) in [5.74, 6) is -0.477. The molecule has 1 saturated heterocycles. The molecule has 2 aromatic carbocycles. The molecule has 8 nitrogen and oxygen atoms in total. The van der Waals surface area contributed by atoms with Gasteiger partial charge in [-0.15, -0.1) is 0 Å². The summed E-state index contributed by atoms with van der Waals surface area (Å²) in [5, 5.41) is 3.16. The van der Waals surface area contributed by atoms with Gasteiger partial charge in [0.25, 0.3) is 5.91 Å². The number of hydrogen-bond donors (Lipinski definition) is 1. The minimum absolute atomic E-state index is 0.121. The van der Waals surface area contributed by atoms with Gasteiger partial charge in [0.05, 0.1) is 25.8 Å². The summed E-state index contributed by atoms with van der Waals surface area (Å²) in [4.78, 5) is 41.3. The van der Waals surface area contributed by atoms with E-state index < -0.39 is 12.0 Å². The van der Waals surface area contributed by atoms with Crippen LogP contribution in [-0.2, 0) is 14.3 Å². The first-order valence-corrected chi connectivity index (χ1v) is 11.2. The van der Waals surface area contributed by atoms with E-state index in [2.05, 4.69) is 5.32 Å². The van der Waals surface area contributed by atoms with Crippen molar-refractivity contribution < 1.29 is 23.9 Å².